The van der Waals surface area contributed by atoms with Crippen molar-refractivity contribution in [3.63, 3.8) is 0 Å². The maximum Gasteiger partial charge on any atom is 0.220 e. The third kappa shape index (κ3) is 4.33. The standard InChI is InChI=1S/C12H19NO2S/c1-3-10-6-7-16-11(10)8-13-12(15)5-4-9(2)14/h6-7,9,14H,3-5,8H2,1-2H3,(H,13,15). The molecular formula is C12H19NO2S. The van der Waals surface area contributed by atoms with Gasteiger partial charge in [0.25, 0.3) is 0 Å². The molecule has 90 valence electrons. The molecule has 1 atom stereocenters. The molecule has 0 saturated carbocycles. The van der Waals surface area contributed by atoms with Gasteiger partial charge in [-0.3, -0.25) is 4.79 Å². The number of amides is 1. The molecule has 0 saturated heterocycles. The molecule has 2 N–H and O–H groups in total. The van der Waals surface area contributed by atoms with Gasteiger partial charge < -0.3 is 10.4 Å². The Labute approximate surface area is 100 Å². The van der Waals surface area contributed by atoms with Crippen molar-refractivity contribution in [2.24, 2.45) is 0 Å². The van der Waals surface area contributed by atoms with Gasteiger partial charge in [-0.2, -0.15) is 0 Å². The third-order valence-corrected chi connectivity index (χ3v) is 3.42. The lowest BCUT2D eigenvalue weighted by atomic mass is 10.2. The lowest BCUT2D eigenvalue weighted by Crippen LogP contribution is -2.23. The number of rotatable bonds is 6. The monoisotopic (exact) mass is 241 g/mol. The Morgan fingerprint density at radius 1 is 1.62 bits per heavy atom. The van der Waals surface area contributed by atoms with E-state index in [2.05, 4.69) is 23.7 Å². The fourth-order valence-corrected chi connectivity index (χ4v) is 2.36. The maximum absolute atomic E-state index is 11.4. The molecule has 1 aromatic heterocycles. The molecule has 0 aliphatic carbocycles. The minimum Gasteiger partial charge on any atom is -0.393 e. The summed E-state index contributed by atoms with van der Waals surface area (Å²) in [4.78, 5) is 12.7. The van der Waals surface area contributed by atoms with E-state index in [4.69, 9.17) is 5.11 Å². The van der Waals surface area contributed by atoms with Gasteiger partial charge >= 0.3 is 0 Å². The molecule has 3 nitrogen and oxygen atoms in total. The molecule has 16 heavy (non-hydrogen) atoms. The number of aliphatic hydroxyl groups excluding tert-OH is 1. The lowest BCUT2D eigenvalue weighted by Gasteiger charge is -2.06. The van der Waals surface area contributed by atoms with Crippen LogP contribution in [0.5, 0.6) is 0 Å². The molecular weight excluding hydrogens is 222 g/mol. The predicted octanol–water partition coefficient (Wildman–Crippen LogP) is 2.09. The normalized spacial score (nSPS) is 12.4. The molecule has 0 aliphatic heterocycles. The van der Waals surface area contributed by atoms with E-state index in [0.717, 1.165) is 6.42 Å². The molecule has 1 aromatic rings. The number of nitrogens with one attached hydrogen (secondary N) is 1. The summed E-state index contributed by atoms with van der Waals surface area (Å²) in [5, 5.41) is 14.0. The molecule has 0 bridgehead atoms. The first-order valence-electron chi connectivity index (χ1n) is 5.63. The minimum atomic E-state index is -0.404. The zero-order valence-corrected chi connectivity index (χ0v) is 10.6. The second-order valence-electron chi connectivity index (χ2n) is 3.89. The average Bonchev–Trinajstić information content (AvgIpc) is 2.70. The molecule has 0 fully saturated rings. The number of aliphatic hydroxyl groups is 1. The number of carbonyl (C=O) groups excluding carboxylic acids is 1. The van der Waals surface area contributed by atoms with Crippen molar-refractivity contribution in [2.45, 2.75) is 45.8 Å². The maximum atomic E-state index is 11.4. The average molecular weight is 241 g/mol. The van der Waals surface area contributed by atoms with E-state index < -0.39 is 6.10 Å². The van der Waals surface area contributed by atoms with Gasteiger partial charge in [-0.05, 0) is 36.8 Å². The quantitative estimate of drug-likeness (QED) is 0.801. The Balaban J connectivity index is 2.31. The molecule has 1 unspecified atom stereocenters. The minimum absolute atomic E-state index is 0.0105. The highest BCUT2D eigenvalue weighted by atomic mass is 32.1. The van der Waals surface area contributed by atoms with Gasteiger partial charge in [-0.1, -0.05) is 6.92 Å². The summed E-state index contributed by atoms with van der Waals surface area (Å²) in [5.41, 5.74) is 1.31. The van der Waals surface area contributed by atoms with Crippen LogP contribution in [-0.4, -0.2) is 17.1 Å². The van der Waals surface area contributed by atoms with Crippen molar-refractivity contribution >= 4 is 17.2 Å². The van der Waals surface area contributed by atoms with Crippen molar-refractivity contribution in [3.8, 4) is 0 Å². The SMILES string of the molecule is CCc1ccsc1CNC(=O)CCC(C)O. The summed E-state index contributed by atoms with van der Waals surface area (Å²) >= 11 is 1.68. The Bertz CT molecular complexity index is 334. The third-order valence-electron chi connectivity index (χ3n) is 2.45. The van der Waals surface area contributed by atoms with Crippen LogP contribution in [0.2, 0.25) is 0 Å². The van der Waals surface area contributed by atoms with Gasteiger partial charge in [0.05, 0.1) is 12.6 Å². The number of aryl methyl sites for hydroxylation is 1. The molecule has 0 aliphatic rings. The fraction of sp³-hybridized carbons (Fsp3) is 0.583. The number of hydrogen-bond acceptors (Lipinski definition) is 3. The van der Waals surface area contributed by atoms with E-state index in [-0.39, 0.29) is 5.91 Å². The lowest BCUT2D eigenvalue weighted by molar-refractivity contribution is -0.121. The van der Waals surface area contributed by atoms with Crippen LogP contribution in [0.15, 0.2) is 11.4 Å². The Morgan fingerprint density at radius 3 is 3.00 bits per heavy atom. The summed E-state index contributed by atoms with van der Waals surface area (Å²) in [7, 11) is 0. The van der Waals surface area contributed by atoms with Crippen LogP contribution in [0, 0.1) is 0 Å². The number of thiophene rings is 1. The van der Waals surface area contributed by atoms with Gasteiger partial charge in [-0.15, -0.1) is 11.3 Å². The fourth-order valence-electron chi connectivity index (χ4n) is 1.44. The summed E-state index contributed by atoms with van der Waals surface area (Å²) in [6, 6.07) is 2.10. The van der Waals surface area contributed by atoms with E-state index in [1.807, 2.05) is 0 Å². The van der Waals surface area contributed by atoms with Crippen molar-refractivity contribution in [1.82, 2.24) is 5.32 Å². The van der Waals surface area contributed by atoms with E-state index in [0.29, 0.717) is 19.4 Å². The Kier molecular flexibility index (Phi) is 5.49. The second kappa shape index (κ2) is 6.66. The Hall–Kier alpha value is -0.870. The van der Waals surface area contributed by atoms with Crippen molar-refractivity contribution in [3.05, 3.63) is 21.9 Å². The first-order chi connectivity index (χ1) is 7.63. The van der Waals surface area contributed by atoms with Crippen LogP contribution in [-0.2, 0) is 17.8 Å². The Morgan fingerprint density at radius 2 is 2.38 bits per heavy atom. The van der Waals surface area contributed by atoms with Crippen LogP contribution in [0.3, 0.4) is 0 Å². The molecule has 4 heteroatoms. The highest BCUT2D eigenvalue weighted by Gasteiger charge is 2.06. The smallest absolute Gasteiger partial charge is 0.220 e. The van der Waals surface area contributed by atoms with Crippen LogP contribution in [0.25, 0.3) is 0 Å². The molecule has 1 heterocycles. The highest BCUT2D eigenvalue weighted by Crippen LogP contribution is 2.16. The van der Waals surface area contributed by atoms with Gasteiger partial charge in [0, 0.05) is 11.3 Å². The zero-order chi connectivity index (χ0) is 12.0. The second-order valence-corrected chi connectivity index (χ2v) is 4.89. The van der Waals surface area contributed by atoms with Crippen LogP contribution < -0.4 is 5.32 Å². The number of carbonyl (C=O) groups is 1. The summed E-state index contributed by atoms with van der Waals surface area (Å²) in [5.74, 6) is 0.0105. The van der Waals surface area contributed by atoms with Crippen LogP contribution in [0.1, 0.15) is 37.1 Å². The first kappa shape index (κ1) is 13.2. The van der Waals surface area contributed by atoms with Gasteiger partial charge in [0.15, 0.2) is 0 Å². The van der Waals surface area contributed by atoms with Gasteiger partial charge in [0.2, 0.25) is 5.91 Å². The van der Waals surface area contributed by atoms with Crippen molar-refractivity contribution in [2.75, 3.05) is 0 Å². The van der Waals surface area contributed by atoms with E-state index >= 15 is 0 Å². The van der Waals surface area contributed by atoms with E-state index in [9.17, 15) is 4.79 Å². The van der Waals surface area contributed by atoms with Gasteiger partial charge in [-0.25, -0.2) is 0 Å². The molecule has 0 radical (unpaired) electrons. The van der Waals surface area contributed by atoms with E-state index in [1.165, 1.54) is 10.4 Å². The van der Waals surface area contributed by atoms with Crippen LogP contribution >= 0.6 is 11.3 Å². The molecule has 1 amide bonds. The van der Waals surface area contributed by atoms with Crippen molar-refractivity contribution in [1.29, 1.82) is 0 Å². The summed E-state index contributed by atoms with van der Waals surface area (Å²) in [6.45, 7) is 4.42. The number of hydrogen-bond donors (Lipinski definition) is 2. The highest BCUT2D eigenvalue weighted by molar-refractivity contribution is 7.10. The zero-order valence-electron chi connectivity index (χ0n) is 9.82. The van der Waals surface area contributed by atoms with Gasteiger partial charge in [0.1, 0.15) is 0 Å². The van der Waals surface area contributed by atoms with Crippen LogP contribution in [0.4, 0.5) is 0 Å². The summed E-state index contributed by atoms with van der Waals surface area (Å²) in [6.07, 6.45) is 1.52. The molecule has 0 spiro atoms. The first-order valence-corrected chi connectivity index (χ1v) is 6.51. The molecule has 0 aromatic carbocycles. The summed E-state index contributed by atoms with van der Waals surface area (Å²) < 4.78 is 0. The largest absolute Gasteiger partial charge is 0.393 e. The topological polar surface area (TPSA) is 49.3 Å². The van der Waals surface area contributed by atoms with E-state index in [1.54, 1.807) is 18.3 Å². The predicted molar refractivity (Wildman–Crippen MR) is 66.5 cm³/mol. The molecule has 1 rings (SSSR count). The van der Waals surface area contributed by atoms with Crippen molar-refractivity contribution < 1.29 is 9.90 Å².